The maximum absolute atomic E-state index is 10.4. The molecule has 0 amide bonds. The third-order valence-electron chi connectivity index (χ3n) is 2.16. The van der Waals surface area contributed by atoms with Gasteiger partial charge in [0.15, 0.2) is 0 Å². The highest BCUT2D eigenvalue weighted by molar-refractivity contribution is 5.65. The van der Waals surface area contributed by atoms with E-state index in [0.717, 1.165) is 13.5 Å². The van der Waals surface area contributed by atoms with Crippen LogP contribution in [0.4, 0.5) is 0 Å². The normalized spacial score (nSPS) is 15.9. The summed E-state index contributed by atoms with van der Waals surface area (Å²) in [5.41, 5.74) is 0. The summed E-state index contributed by atoms with van der Waals surface area (Å²) < 4.78 is 4.86. The van der Waals surface area contributed by atoms with Crippen molar-refractivity contribution >= 4 is 11.9 Å². The molecule has 0 aliphatic carbocycles. The number of esters is 1. The molecule has 0 spiro atoms. The molecule has 1 N–H and O–H groups in total. The summed E-state index contributed by atoms with van der Waals surface area (Å²) in [5.74, 6) is -1.01. The van der Waals surface area contributed by atoms with Crippen LogP contribution in [0.1, 0.15) is 33.1 Å². The number of rotatable bonds is 3. The summed E-state index contributed by atoms with van der Waals surface area (Å²) >= 11 is 0. The average molecular weight is 231 g/mol. The number of aliphatic carboxylic acids is 1. The molecule has 0 bridgehead atoms. The van der Waals surface area contributed by atoms with E-state index in [1.807, 2.05) is 0 Å². The fraction of sp³-hybridized carbons (Fsp3) is 0.818. The van der Waals surface area contributed by atoms with Crippen LogP contribution in [0, 0.1) is 0 Å². The number of carbonyl (C=O) groups is 2. The Morgan fingerprint density at radius 2 is 1.69 bits per heavy atom. The molecule has 94 valence electrons. The molecule has 16 heavy (non-hydrogen) atoms. The fourth-order valence-corrected chi connectivity index (χ4v) is 1.50. The van der Waals surface area contributed by atoms with E-state index in [1.54, 1.807) is 0 Å². The molecule has 0 aromatic rings. The Morgan fingerprint density at radius 3 is 2.12 bits per heavy atom. The summed E-state index contributed by atoms with van der Waals surface area (Å²) in [6.45, 7) is 6.33. The topological polar surface area (TPSA) is 66.8 Å². The summed E-state index contributed by atoms with van der Waals surface area (Å²) in [6.07, 6.45) is 3.93. The number of nitrogens with zero attached hydrogens (tertiary/aromatic N) is 1. The molecule has 1 aliphatic heterocycles. The van der Waals surface area contributed by atoms with Gasteiger partial charge in [-0.3, -0.25) is 14.5 Å². The van der Waals surface area contributed by atoms with Gasteiger partial charge >= 0.3 is 5.97 Å². The van der Waals surface area contributed by atoms with Gasteiger partial charge in [0.1, 0.15) is 6.61 Å². The Hall–Kier alpha value is -1.10. The molecule has 1 saturated heterocycles. The largest absolute Gasteiger partial charge is 0.481 e. The van der Waals surface area contributed by atoms with Gasteiger partial charge in [-0.1, -0.05) is 6.42 Å². The predicted octanol–water partition coefficient (Wildman–Crippen LogP) is 1.13. The van der Waals surface area contributed by atoms with Gasteiger partial charge in [-0.25, -0.2) is 0 Å². The van der Waals surface area contributed by atoms with E-state index in [-0.39, 0.29) is 5.97 Å². The molecule has 5 nitrogen and oxygen atoms in total. The Labute approximate surface area is 96.4 Å². The first-order valence-corrected chi connectivity index (χ1v) is 5.57. The van der Waals surface area contributed by atoms with Crippen LogP contribution in [0.2, 0.25) is 0 Å². The lowest BCUT2D eigenvalue weighted by molar-refractivity contribution is -0.141. The monoisotopic (exact) mass is 231 g/mol. The second-order valence-corrected chi connectivity index (χ2v) is 3.76. The number of carbonyl (C=O) groups excluding carboxylic acids is 1. The van der Waals surface area contributed by atoms with Crippen molar-refractivity contribution in [2.75, 3.05) is 26.2 Å². The first-order valence-electron chi connectivity index (χ1n) is 5.57. The highest BCUT2D eigenvalue weighted by Gasteiger charge is 2.09. The van der Waals surface area contributed by atoms with Crippen LogP contribution in [-0.2, 0) is 14.3 Å². The molecular formula is C11H21NO4. The lowest BCUT2D eigenvalue weighted by Crippen LogP contribution is -2.32. The summed E-state index contributed by atoms with van der Waals surface area (Å²) in [5, 5.41) is 7.42. The standard InChI is InChI=1S/C9H17NO2.C2H4O2/c1-9(11)12-8-7-10-5-3-2-4-6-10;1-2(3)4/h2-8H2,1H3;1H3,(H,3,4). The van der Waals surface area contributed by atoms with E-state index >= 15 is 0 Å². The van der Waals surface area contributed by atoms with Crippen molar-refractivity contribution in [2.24, 2.45) is 0 Å². The maximum Gasteiger partial charge on any atom is 0.302 e. The number of hydrogen-bond acceptors (Lipinski definition) is 4. The lowest BCUT2D eigenvalue weighted by Gasteiger charge is -2.25. The zero-order chi connectivity index (χ0) is 12.4. The number of carboxylic acids is 1. The molecule has 5 heteroatoms. The predicted molar refractivity (Wildman–Crippen MR) is 60.2 cm³/mol. The molecule has 0 aromatic heterocycles. The number of piperidine rings is 1. The first-order chi connectivity index (χ1) is 7.52. The third-order valence-corrected chi connectivity index (χ3v) is 2.16. The van der Waals surface area contributed by atoms with Crippen molar-refractivity contribution in [3.05, 3.63) is 0 Å². The van der Waals surface area contributed by atoms with E-state index in [4.69, 9.17) is 14.6 Å². The molecule has 1 aliphatic rings. The van der Waals surface area contributed by atoms with E-state index < -0.39 is 5.97 Å². The fourth-order valence-electron chi connectivity index (χ4n) is 1.50. The van der Waals surface area contributed by atoms with Crippen molar-refractivity contribution in [1.82, 2.24) is 4.90 Å². The quantitative estimate of drug-likeness (QED) is 0.737. The van der Waals surface area contributed by atoms with Gasteiger partial charge in [-0.15, -0.1) is 0 Å². The number of ether oxygens (including phenoxy) is 1. The van der Waals surface area contributed by atoms with E-state index in [1.165, 1.54) is 39.3 Å². The van der Waals surface area contributed by atoms with Gasteiger partial charge in [0.2, 0.25) is 0 Å². The van der Waals surface area contributed by atoms with Gasteiger partial charge in [-0.2, -0.15) is 0 Å². The van der Waals surface area contributed by atoms with Gasteiger partial charge < -0.3 is 9.84 Å². The molecule has 1 heterocycles. The second-order valence-electron chi connectivity index (χ2n) is 3.76. The van der Waals surface area contributed by atoms with Crippen molar-refractivity contribution in [3.63, 3.8) is 0 Å². The Kier molecular flexibility index (Phi) is 8.52. The third kappa shape index (κ3) is 11.0. The number of likely N-dealkylation sites (tertiary alicyclic amines) is 1. The van der Waals surface area contributed by atoms with Crippen molar-refractivity contribution in [1.29, 1.82) is 0 Å². The Balaban J connectivity index is 0.000000487. The summed E-state index contributed by atoms with van der Waals surface area (Å²) in [7, 11) is 0. The molecule has 0 aromatic carbocycles. The van der Waals surface area contributed by atoms with Crippen molar-refractivity contribution in [2.45, 2.75) is 33.1 Å². The molecule has 0 saturated carbocycles. The van der Waals surface area contributed by atoms with Crippen LogP contribution in [-0.4, -0.2) is 48.2 Å². The van der Waals surface area contributed by atoms with Crippen molar-refractivity contribution < 1.29 is 19.4 Å². The molecule has 1 fully saturated rings. The van der Waals surface area contributed by atoms with Crippen molar-refractivity contribution in [3.8, 4) is 0 Å². The average Bonchev–Trinajstić information content (AvgIpc) is 2.18. The lowest BCUT2D eigenvalue weighted by atomic mass is 10.1. The minimum absolute atomic E-state index is 0.174. The second kappa shape index (κ2) is 9.15. The van der Waals surface area contributed by atoms with Crippen LogP contribution in [0.3, 0.4) is 0 Å². The summed E-state index contributed by atoms with van der Waals surface area (Å²) in [6, 6.07) is 0. The smallest absolute Gasteiger partial charge is 0.302 e. The minimum Gasteiger partial charge on any atom is -0.481 e. The molecule has 0 unspecified atom stereocenters. The minimum atomic E-state index is -0.833. The number of hydrogen-bond donors (Lipinski definition) is 1. The molecule has 0 atom stereocenters. The van der Waals surface area contributed by atoms with Gasteiger partial charge in [0, 0.05) is 20.4 Å². The zero-order valence-electron chi connectivity index (χ0n) is 10.1. The van der Waals surface area contributed by atoms with Gasteiger partial charge in [-0.05, 0) is 25.9 Å². The maximum atomic E-state index is 10.4. The van der Waals surface area contributed by atoms with E-state index in [0.29, 0.717) is 6.61 Å². The van der Waals surface area contributed by atoms with Gasteiger partial charge in [0.05, 0.1) is 0 Å². The Morgan fingerprint density at radius 1 is 1.19 bits per heavy atom. The van der Waals surface area contributed by atoms with E-state index in [2.05, 4.69) is 4.90 Å². The van der Waals surface area contributed by atoms with Crippen LogP contribution >= 0.6 is 0 Å². The van der Waals surface area contributed by atoms with Crippen LogP contribution in [0.5, 0.6) is 0 Å². The SMILES string of the molecule is CC(=O)O.CC(=O)OCCN1CCCCC1. The first kappa shape index (κ1) is 14.9. The van der Waals surface area contributed by atoms with Gasteiger partial charge in [0.25, 0.3) is 5.97 Å². The van der Waals surface area contributed by atoms with Crippen LogP contribution < -0.4 is 0 Å². The summed E-state index contributed by atoms with van der Waals surface area (Å²) in [4.78, 5) is 21.8. The van der Waals surface area contributed by atoms with Crippen LogP contribution in [0.25, 0.3) is 0 Å². The van der Waals surface area contributed by atoms with E-state index in [9.17, 15) is 4.79 Å². The molecular weight excluding hydrogens is 210 g/mol. The Bertz CT molecular complexity index is 208. The highest BCUT2D eigenvalue weighted by atomic mass is 16.5. The van der Waals surface area contributed by atoms with Crippen LogP contribution in [0.15, 0.2) is 0 Å². The number of carboxylic acid groups (broad SMARTS) is 1. The zero-order valence-corrected chi connectivity index (χ0v) is 10.1. The highest BCUT2D eigenvalue weighted by Crippen LogP contribution is 2.07. The molecule has 0 radical (unpaired) electrons. The molecule has 1 rings (SSSR count).